The predicted molar refractivity (Wildman–Crippen MR) is 62.3 cm³/mol. The standard InChI is InChI=1S/C13H21N/c1-3-7-11-9-5-6-10-12(11)13(14)8-4-2/h5-6,9-10,13H,3-4,7-8,14H2,1-2H3. The average molecular weight is 191 g/mol. The fraction of sp³-hybridized carbons (Fsp3) is 0.538. The molecule has 0 amide bonds. The van der Waals surface area contributed by atoms with E-state index in [4.69, 9.17) is 5.73 Å². The van der Waals surface area contributed by atoms with Crippen molar-refractivity contribution in [3.8, 4) is 0 Å². The normalized spacial score (nSPS) is 12.8. The zero-order valence-electron chi connectivity index (χ0n) is 9.29. The van der Waals surface area contributed by atoms with Crippen LogP contribution < -0.4 is 5.73 Å². The number of nitrogens with two attached hydrogens (primary N) is 1. The molecular formula is C13H21N. The van der Waals surface area contributed by atoms with Crippen LogP contribution in [-0.2, 0) is 6.42 Å². The van der Waals surface area contributed by atoms with Crippen LogP contribution in [0.5, 0.6) is 0 Å². The van der Waals surface area contributed by atoms with Crippen molar-refractivity contribution in [2.75, 3.05) is 0 Å². The molecule has 0 saturated heterocycles. The highest BCUT2D eigenvalue weighted by atomic mass is 14.6. The van der Waals surface area contributed by atoms with Crippen LogP contribution in [0, 0.1) is 0 Å². The maximum absolute atomic E-state index is 6.14. The van der Waals surface area contributed by atoms with Gasteiger partial charge < -0.3 is 5.73 Å². The molecule has 1 heteroatoms. The van der Waals surface area contributed by atoms with Gasteiger partial charge in [-0.25, -0.2) is 0 Å². The summed E-state index contributed by atoms with van der Waals surface area (Å²) in [7, 11) is 0. The van der Waals surface area contributed by atoms with Crippen molar-refractivity contribution >= 4 is 0 Å². The van der Waals surface area contributed by atoms with Crippen LogP contribution >= 0.6 is 0 Å². The third kappa shape index (κ3) is 2.85. The van der Waals surface area contributed by atoms with Gasteiger partial charge in [0.25, 0.3) is 0 Å². The molecule has 14 heavy (non-hydrogen) atoms. The molecule has 1 unspecified atom stereocenters. The Labute approximate surface area is 87.3 Å². The summed E-state index contributed by atoms with van der Waals surface area (Å²) < 4.78 is 0. The molecule has 0 spiro atoms. The van der Waals surface area contributed by atoms with Crippen molar-refractivity contribution in [3.63, 3.8) is 0 Å². The third-order valence-electron chi connectivity index (χ3n) is 2.57. The fourth-order valence-electron chi connectivity index (χ4n) is 1.86. The second-order valence-corrected chi connectivity index (χ2v) is 3.84. The van der Waals surface area contributed by atoms with Crippen molar-refractivity contribution in [3.05, 3.63) is 35.4 Å². The first-order chi connectivity index (χ1) is 6.79. The van der Waals surface area contributed by atoms with E-state index in [1.54, 1.807) is 0 Å². The van der Waals surface area contributed by atoms with E-state index in [9.17, 15) is 0 Å². The summed E-state index contributed by atoms with van der Waals surface area (Å²) in [6.45, 7) is 4.39. The van der Waals surface area contributed by atoms with Crippen LogP contribution in [0.25, 0.3) is 0 Å². The van der Waals surface area contributed by atoms with Crippen molar-refractivity contribution in [2.45, 2.75) is 45.6 Å². The first-order valence-electron chi connectivity index (χ1n) is 5.63. The molecule has 0 aliphatic carbocycles. The van der Waals surface area contributed by atoms with E-state index in [0.717, 1.165) is 19.3 Å². The van der Waals surface area contributed by atoms with E-state index in [-0.39, 0.29) is 6.04 Å². The molecule has 0 saturated carbocycles. The monoisotopic (exact) mass is 191 g/mol. The lowest BCUT2D eigenvalue weighted by atomic mass is 9.95. The smallest absolute Gasteiger partial charge is 0.0297 e. The van der Waals surface area contributed by atoms with E-state index in [1.165, 1.54) is 17.5 Å². The zero-order chi connectivity index (χ0) is 10.4. The van der Waals surface area contributed by atoms with Gasteiger partial charge in [0.05, 0.1) is 0 Å². The molecule has 0 bridgehead atoms. The van der Waals surface area contributed by atoms with E-state index in [2.05, 4.69) is 38.1 Å². The molecule has 1 aromatic rings. The minimum Gasteiger partial charge on any atom is -0.324 e. The zero-order valence-corrected chi connectivity index (χ0v) is 9.29. The topological polar surface area (TPSA) is 26.0 Å². The fourth-order valence-corrected chi connectivity index (χ4v) is 1.86. The van der Waals surface area contributed by atoms with Crippen LogP contribution in [0.1, 0.15) is 50.3 Å². The predicted octanol–water partition coefficient (Wildman–Crippen LogP) is 3.44. The Morgan fingerprint density at radius 2 is 1.86 bits per heavy atom. The van der Waals surface area contributed by atoms with E-state index < -0.39 is 0 Å². The van der Waals surface area contributed by atoms with Gasteiger partial charge in [-0.1, -0.05) is 51.0 Å². The van der Waals surface area contributed by atoms with E-state index in [0.29, 0.717) is 0 Å². The number of rotatable bonds is 5. The molecule has 0 radical (unpaired) electrons. The third-order valence-corrected chi connectivity index (χ3v) is 2.57. The van der Waals surface area contributed by atoms with Crippen LogP contribution in [0.4, 0.5) is 0 Å². The van der Waals surface area contributed by atoms with Crippen LogP contribution in [0.15, 0.2) is 24.3 Å². The number of aryl methyl sites for hydroxylation is 1. The second-order valence-electron chi connectivity index (χ2n) is 3.84. The van der Waals surface area contributed by atoms with Gasteiger partial charge in [-0.05, 0) is 24.0 Å². The van der Waals surface area contributed by atoms with Gasteiger partial charge in [0.1, 0.15) is 0 Å². The van der Waals surface area contributed by atoms with Gasteiger partial charge >= 0.3 is 0 Å². The van der Waals surface area contributed by atoms with Crippen LogP contribution in [-0.4, -0.2) is 0 Å². The lowest BCUT2D eigenvalue weighted by Gasteiger charge is -2.15. The summed E-state index contributed by atoms with van der Waals surface area (Å²) >= 11 is 0. The SMILES string of the molecule is CCCc1ccccc1C(N)CCC. The quantitative estimate of drug-likeness (QED) is 0.758. The molecule has 0 aliphatic heterocycles. The highest BCUT2D eigenvalue weighted by molar-refractivity contribution is 5.29. The highest BCUT2D eigenvalue weighted by Crippen LogP contribution is 2.20. The molecule has 0 fully saturated rings. The maximum atomic E-state index is 6.14. The molecule has 1 rings (SSSR count). The lowest BCUT2D eigenvalue weighted by molar-refractivity contribution is 0.631. The minimum absolute atomic E-state index is 0.225. The van der Waals surface area contributed by atoms with Crippen molar-refractivity contribution in [2.24, 2.45) is 5.73 Å². The molecule has 78 valence electrons. The van der Waals surface area contributed by atoms with Crippen LogP contribution in [0.2, 0.25) is 0 Å². The number of benzene rings is 1. The first kappa shape index (κ1) is 11.3. The second kappa shape index (κ2) is 5.82. The highest BCUT2D eigenvalue weighted by Gasteiger charge is 2.08. The number of hydrogen-bond acceptors (Lipinski definition) is 1. The Balaban J connectivity index is 2.82. The van der Waals surface area contributed by atoms with Crippen LogP contribution in [0.3, 0.4) is 0 Å². The average Bonchev–Trinajstić information content (AvgIpc) is 2.19. The van der Waals surface area contributed by atoms with E-state index >= 15 is 0 Å². The molecule has 2 N–H and O–H groups in total. The largest absolute Gasteiger partial charge is 0.324 e. The van der Waals surface area contributed by atoms with Gasteiger partial charge in [0, 0.05) is 6.04 Å². The van der Waals surface area contributed by atoms with Gasteiger partial charge in [-0.2, -0.15) is 0 Å². The Morgan fingerprint density at radius 3 is 2.50 bits per heavy atom. The summed E-state index contributed by atoms with van der Waals surface area (Å²) in [5.41, 5.74) is 8.91. The molecule has 0 heterocycles. The molecule has 1 nitrogen and oxygen atoms in total. The van der Waals surface area contributed by atoms with Gasteiger partial charge in [0.15, 0.2) is 0 Å². The Bertz CT molecular complexity index is 268. The molecule has 1 atom stereocenters. The van der Waals surface area contributed by atoms with Crippen molar-refractivity contribution in [1.29, 1.82) is 0 Å². The maximum Gasteiger partial charge on any atom is 0.0297 e. The van der Waals surface area contributed by atoms with Crippen molar-refractivity contribution in [1.82, 2.24) is 0 Å². The Morgan fingerprint density at radius 1 is 1.14 bits per heavy atom. The summed E-state index contributed by atoms with van der Waals surface area (Å²) in [5, 5.41) is 0. The van der Waals surface area contributed by atoms with E-state index in [1.807, 2.05) is 0 Å². The first-order valence-corrected chi connectivity index (χ1v) is 5.63. The van der Waals surface area contributed by atoms with Gasteiger partial charge in [0.2, 0.25) is 0 Å². The van der Waals surface area contributed by atoms with Crippen molar-refractivity contribution < 1.29 is 0 Å². The van der Waals surface area contributed by atoms with Gasteiger partial charge in [-0.3, -0.25) is 0 Å². The molecule has 0 aliphatic rings. The summed E-state index contributed by atoms with van der Waals surface area (Å²) in [5.74, 6) is 0. The summed E-state index contributed by atoms with van der Waals surface area (Å²) in [4.78, 5) is 0. The number of hydrogen-bond donors (Lipinski definition) is 1. The molecular weight excluding hydrogens is 170 g/mol. The summed E-state index contributed by atoms with van der Waals surface area (Å²) in [6.07, 6.45) is 4.58. The molecule has 1 aromatic carbocycles. The Hall–Kier alpha value is -0.820. The minimum atomic E-state index is 0.225. The Kier molecular flexibility index (Phi) is 4.68. The van der Waals surface area contributed by atoms with Gasteiger partial charge in [-0.15, -0.1) is 0 Å². The summed E-state index contributed by atoms with van der Waals surface area (Å²) in [6, 6.07) is 8.79. The lowest BCUT2D eigenvalue weighted by Crippen LogP contribution is -2.12. The molecule has 0 aromatic heterocycles.